The molecular formula is C12H16ClF3N4. The molecule has 20 heavy (non-hydrogen) atoms. The molecule has 0 atom stereocenters. The van der Waals surface area contributed by atoms with Gasteiger partial charge in [-0.2, -0.15) is 18.3 Å². The first-order valence-electron chi connectivity index (χ1n) is 6.41. The quantitative estimate of drug-likeness (QED) is 0.794. The van der Waals surface area contributed by atoms with E-state index in [1.54, 1.807) is 16.3 Å². The van der Waals surface area contributed by atoms with Gasteiger partial charge in [-0.25, -0.2) is 4.98 Å². The lowest BCUT2D eigenvalue weighted by molar-refractivity contribution is -0.135. The van der Waals surface area contributed by atoms with Crippen molar-refractivity contribution in [3.05, 3.63) is 11.5 Å². The maximum absolute atomic E-state index is 12.3. The molecule has 0 bridgehead atoms. The molecule has 0 saturated carbocycles. The van der Waals surface area contributed by atoms with Gasteiger partial charge in [-0.3, -0.25) is 4.68 Å². The van der Waals surface area contributed by atoms with Crippen molar-refractivity contribution in [2.75, 3.05) is 0 Å². The molecule has 0 aliphatic heterocycles. The van der Waals surface area contributed by atoms with Gasteiger partial charge in [-0.05, 0) is 12.8 Å². The van der Waals surface area contributed by atoms with Crippen LogP contribution in [0.4, 0.5) is 13.2 Å². The Bertz CT molecular complexity index is 600. The predicted octanol–water partition coefficient (Wildman–Crippen LogP) is 3.41. The van der Waals surface area contributed by atoms with Crippen LogP contribution in [0.15, 0.2) is 0 Å². The number of alkyl halides is 4. The molecule has 0 aliphatic carbocycles. The highest BCUT2D eigenvalue weighted by Gasteiger charge is 2.27. The molecule has 0 unspecified atom stereocenters. The van der Waals surface area contributed by atoms with Crippen molar-refractivity contribution < 1.29 is 13.2 Å². The van der Waals surface area contributed by atoms with Crippen molar-refractivity contribution in [1.82, 2.24) is 19.3 Å². The predicted molar refractivity (Wildman–Crippen MR) is 70.7 cm³/mol. The summed E-state index contributed by atoms with van der Waals surface area (Å²) in [6.07, 6.45) is -4.22. The van der Waals surface area contributed by atoms with E-state index < -0.39 is 12.6 Å². The normalized spacial score (nSPS) is 12.5. The summed E-state index contributed by atoms with van der Waals surface area (Å²) in [4.78, 5) is 4.40. The maximum atomic E-state index is 12.3. The van der Waals surface area contributed by atoms with Crippen LogP contribution in [0.2, 0.25) is 0 Å². The molecule has 0 N–H and O–H groups in total. The number of hydrogen-bond acceptors (Lipinski definition) is 2. The zero-order chi connectivity index (χ0) is 14.9. The van der Waals surface area contributed by atoms with E-state index in [9.17, 15) is 13.2 Å². The number of halogens is 4. The van der Waals surface area contributed by atoms with Gasteiger partial charge in [-0.1, -0.05) is 6.92 Å². The SMILES string of the molecule is CCc1nn(C)c2c1nc(CCl)n2CCCC(F)(F)F. The number of rotatable bonds is 5. The molecule has 8 heteroatoms. The highest BCUT2D eigenvalue weighted by molar-refractivity contribution is 6.16. The molecule has 112 valence electrons. The third kappa shape index (κ3) is 2.92. The minimum atomic E-state index is -4.14. The summed E-state index contributed by atoms with van der Waals surface area (Å²) in [5.41, 5.74) is 2.31. The van der Waals surface area contributed by atoms with Crippen LogP contribution in [-0.2, 0) is 25.9 Å². The smallest absolute Gasteiger partial charge is 0.312 e. The van der Waals surface area contributed by atoms with Crippen molar-refractivity contribution in [2.45, 2.75) is 44.8 Å². The second-order valence-electron chi connectivity index (χ2n) is 4.63. The van der Waals surface area contributed by atoms with Crippen molar-refractivity contribution in [1.29, 1.82) is 0 Å². The fourth-order valence-electron chi connectivity index (χ4n) is 2.30. The topological polar surface area (TPSA) is 35.6 Å². The summed E-state index contributed by atoms with van der Waals surface area (Å²) in [7, 11) is 1.77. The van der Waals surface area contributed by atoms with Gasteiger partial charge in [0, 0.05) is 20.0 Å². The minimum Gasteiger partial charge on any atom is -0.312 e. The first-order chi connectivity index (χ1) is 9.37. The van der Waals surface area contributed by atoms with Gasteiger partial charge in [0.2, 0.25) is 0 Å². The average molecular weight is 309 g/mol. The van der Waals surface area contributed by atoms with Crippen LogP contribution in [0.25, 0.3) is 11.2 Å². The lowest BCUT2D eigenvalue weighted by Gasteiger charge is -2.09. The van der Waals surface area contributed by atoms with Gasteiger partial charge in [0.15, 0.2) is 5.65 Å². The van der Waals surface area contributed by atoms with Gasteiger partial charge in [0.25, 0.3) is 0 Å². The highest BCUT2D eigenvalue weighted by Crippen LogP contribution is 2.25. The molecule has 2 heterocycles. The van der Waals surface area contributed by atoms with Crippen LogP contribution in [0.5, 0.6) is 0 Å². The van der Waals surface area contributed by atoms with Gasteiger partial charge in [-0.15, -0.1) is 11.6 Å². The summed E-state index contributed by atoms with van der Waals surface area (Å²) in [6.45, 7) is 2.20. The van der Waals surface area contributed by atoms with Crippen molar-refractivity contribution in [3.8, 4) is 0 Å². The number of aromatic nitrogens is 4. The Morgan fingerprint density at radius 3 is 2.55 bits per heavy atom. The lowest BCUT2D eigenvalue weighted by Crippen LogP contribution is -2.11. The third-order valence-corrected chi connectivity index (χ3v) is 3.41. The molecule has 2 rings (SSSR count). The van der Waals surface area contributed by atoms with Gasteiger partial charge >= 0.3 is 6.18 Å². The molecule has 0 spiro atoms. The van der Waals surface area contributed by atoms with Crippen LogP contribution in [0.3, 0.4) is 0 Å². The number of fused-ring (bicyclic) bond motifs is 1. The molecule has 0 radical (unpaired) electrons. The van der Waals surface area contributed by atoms with Gasteiger partial charge < -0.3 is 4.57 Å². The fourth-order valence-corrected chi connectivity index (χ4v) is 2.50. The van der Waals surface area contributed by atoms with Crippen molar-refractivity contribution >= 4 is 22.8 Å². The van der Waals surface area contributed by atoms with Crippen LogP contribution in [0, 0.1) is 0 Å². The van der Waals surface area contributed by atoms with E-state index in [1.807, 2.05) is 6.92 Å². The van der Waals surface area contributed by atoms with E-state index in [-0.39, 0.29) is 18.8 Å². The Morgan fingerprint density at radius 1 is 1.30 bits per heavy atom. The monoisotopic (exact) mass is 308 g/mol. The second kappa shape index (κ2) is 5.63. The van der Waals surface area contributed by atoms with Crippen molar-refractivity contribution in [2.24, 2.45) is 7.05 Å². The van der Waals surface area contributed by atoms with E-state index in [2.05, 4.69) is 10.1 Å². The number of hydrogen-bond donors (Lipinski definition) is 0. The highest BCUT2D eigenvalue weighted by atomic mass is 35.5. The summed E-state index contributed by atoms with van der Waals surface area (Å²) in [5, 5.41) is 4.33. The molecule has 0 aromatic carbocycles. The fraction of sp³-hybridized carbons (Fsp3) is 0.667. The first-order valence-corrected chi connectivity index (χ1v) is 6.94. The van der Waals surface area contributed by atoms with Crippen molar-refractivity contribution in [3.63, 3.8) is 0 Å². The number of nitrogens with zero attached hydrogens (tertiary/aromatic N) is 4. The van der Waals surface area contributed by atoms with E-state index >= 15 is 0 Å². The van der Waals surface area contributed by atoms with Gasteiger partial charge in [0.05, 0.1) is 11.6 Å². The standard InChI is InChI=1S/C12H16ClF3N4/c1-3-8-10-11(19(2)18-8)20(9(7-13)17-10)6-4-5-12(14,15)16/h3-7H2,1-2H3. The van der Waals surface area contributed by atoms with Crippen LogP contribution in [-0.4, -0.2) is 25.5 Å². The summed E-state index contributed by atoms with van der Waals surface area (Å²) in [5.74, 6) is 0.760. The van der Waals surface area contributed by atoms with E-state index in [0.29, 0.717) is 5.82 Å². The number of imidazole rings is 1. The zero-order valence-corrected chi connectivity index (χ0v) is 12.1. The molecular weight excluding hydrogens is 293 g/mol. The van der Waals surface area contributed by atoms with Crippen LogP contribution in [0.1, 0.15) is 31.3 Å². The average Bonchev–Trinajstić information content (AvgIpc) is 2.86. The van der Waals surface area contributed by atoms with E-state index in [4.69, 9.17) is 11.6 Å². The molecule has 0 fully saturated rings. The Hall–Kier alpha value is -1.24. The van der Waals surface area contributed by atoms with E-state index in [1.165, 1.54) is 0 Å². The zero-order valence-electron chi connectivity index (χ0n) is 11.3. The molecule has 0 amide bonds. The molecule has 4 nitrogen and oxygen atoms in total. The Kier molecular flexibility index (Phi) is 4.27. The van der Waals surface area contributed by atoms with E-state index in [0.717, 1.165) is 23.3 Å². The largest absolute Gasteiger partial charge is 0.389 e. The minimum absolute atomic E-state index is 0.00544. The lowest BCUT2D eigenvalue weighted by atomic mass is 10.3. The summed E-state index contributed by atoms with van der Waals surface area (Å²) < 4.78 is 40.1. The molecule has 2 aromatic rings. The molecule has 0 aliphatic rings. The Morgan fingerprint density at radius 2 is 2.00 bits per heavy atom. The Labute approximate surface area is 119 Å². The van der Waals surface area contributed by atoms with Gasteiger partial charge in [0.1, 0.15) is 11.3 Å². The summed E-state index contributed by atoms with van der Waals surface area (Å²) >= 11 is 5.84. The Balaban J connectivity index is 2.33. The molecule has 0 saturated heterocycles. The first kappa shape index (κ1) is 15.2. The second-order valence-corrected chi connectivity index (χ2v) is 4.90. The van der Waals surface area contributed by atoms with Crippen LogP contribution >= 0.6 is 11.6 Å². The summed E-state index contributed by atoms with van der Waals surface area (Å²) in [6, 6.07) is 0. The maximum Gasteiger partial charge on any atom is 0.389 e. The molecule has 2 aromatic heterocycles. The van der Waals surface area contributed by atoms with Crippen LogP contribution < -0.4 is 0 Å². The number of aryl methyl sites for hydroxylation is 3. The third-order valence-electron chi connectivity index (χ3n) is 3.17.